The standard InChI is InChI=1S/C14H24N2O2/c1-6-15-7-8-16(3)12-10-14(18-5)13(17-4)9-11(12)2/h9-10,15H,6-8H2,1-5H3. The first-order valence-corrected chi connectivity index (χ1v) is 6.28. The first-order valence-electron chi connectivity index (χ1n) is 6.28. The van der Waals surface area contributed by atoms with Crippen molar-refractivity contribution in [3.05, 3.63) is 17.7 Å². The molecule has 0 saturated heterocycles. The van der Waals surface area contributed by atoms with Crippen molar-refractivity contribution in [3.8, 4) is 11.5 Å². The lowest BCUT2D eigenvalue weighted by molar-refractivity contribution is 0.354. The Bertz CT molecular complexity index is 380. The zero-order valence-corrected chi connectivity index (χ0v) is 12.0. The molecule has 1 rings (SSSR count). The van der Waals surface area contributed by atoms with E-state index >= 15 is 0 Å². The van der Waals surface area contributed by atoms with Crippen LogP contribution in [-0.4, -0.2) is 40.9 Å². The highest BCUT2D eigenvalue weighted by atomic mass is 16.5. The molecule has 0 aliphatic carbocycles. The number of nitrogens with zero attached hydrogens (tertiary/aromatic N) is 1. The van der Waals surface area contributed by atoms with E-state index in [1.807, 2.05) is 12.1 Å². The molecule has 0 aromatic heterocycles. The van der Waals surface area contributed by atoms with Crippen LogP contribution in [0.4, 0.5) is 5.69 Å². The number of nitrogens with one attached hydrogen (secondary N) is 1. The molecule has 0 aliphatic heterocycles. The van der Waals surface area contributed by atoms with Crippen molar-refractivity contribution in [2.45, 2.75) is 13.8 Å². The predicted molar refractivity (Wildman–Crippen MR) is 76.1 cm³/mol. The normalized spacial score (nSPS) is 10.3. The van der Waals surface area contributed by atoms with Crippen LogP contribution in [0.3, 0.4) is 0 Å². The number of benzene rings is 1. The topological polar surface area (TPSA) is 33.7 Å². The maximum atomic E-state index is 5.34. The third kappa shape index (κ3) is 3.53. The Hall–Kier alpha value is -1.42. The van der Waals surface area contributed by atoms with Crippen molar-refractivity contribution in [1.82, 2.24) is 5.32 Å². The second kappa shape index (κ2) is 7.11. The second-order valence-electron chi connectivity index (χ2n) is 4.27. The van der Waals surface area contributed by atoms with Gasteiger partial charge in [-0.15, -0.1) is 0 Å². The van der Waals surface area contributed by atoms with Gasteiger partial charge < -0.3 is 19.7 Å². The Morgan fingerprint density at radius 1 is 1.17 bits per heavy atom. The van der Waals surface area contributed by atoms with Gasteiger partial charge in [-0.25, -0.2) is 0 Å². The van der Waals surface area contributed by atoms with Gasteiger partial charge >= 0.3 is 0 Å². The lowest BCUT2D eigenvalue weighted by atomic mass is 10.1. The molecule has 0 radical (unpaired) electrons. The van der Waals surface area contributed by atoms with Crippen molar-refractivity contribution in [2.24, 2.45) is 0 Å². The van der Waals surface area contributed by atoms with E-state index in [1.54, 1.807) is 14.2 Å². The second-order valence-corrected chi connectivity index (χ2v) is 4.27. The van der Waals surface area contributed by atoms with Crippen LogP contribution < -0.4 is 19.7 Å². The van der Waals surface area contributed by atoms with Gasteiger partial charge in [0.1, 0.15) is 0 Å². The molecule has 1 N–H and O–H groups in total. The summed E-state index contributed by atoms with van der Waals surface area (Å²) in [7, 11) is 5.41. The summed E-state index contributed by atoms with van der Waals surface area (Å²) < 4.78 is 10.6. The maximum absolute atomic E-state index is 5.34. The lowest BCUT2D eigenvalue weighted by Gasteiger charge is -2.23. The minimum absolute atomic E-state index is 0.772. The van der Waals surface area contributed by atoms with Gasteiger partial charge in [-0.05, 0) is 25.1 Å². The monoisotopic (exact) mass is 252 g/mol. The fourth-order valence-electron chi connectivity index (χ4n) is 1.93. The quantitative estimate of drug-likeness (QED) is 0.753. The van der Waals surface area contributed by atoms with Crippen molar-refractivity contribution in [2.75, 3.05) is 45.8 Å². The van der Waals surface area contributed by atoms with Crippen molar-refractivity contribution >= 4 is 5.69 Å². The third-order valence-electron chi connectivity index (χ3n) is 2.99. The Morgan fingerprint density at radius 3 is 2.33 bits per heavy atom. The fraction of sp³-hybridized carbons (Fsp3) is 0.571. The smallest absolute Gasteiger partial charge is 0.162 e. The average molecular weight is 252 g/mol. The number of hydrogen-bond donors (Lipinski definition) is 1. The molecule has 0 fully saturated rings. The van der Waals surface area contributed by atoms with Gasteiger partial charge in [0.25, 0.3) is 0 Å². The summed E-state index contributed by atoms with van der Waals surface area (Å²) >= 11 is 0. The van der Waals surface area contributed by atoms with Crippen LogP contribution in [0.1, 0.15) is 12.5 Å². The Morgan fingerprint density at radius 2 is 1.78 bits per heavy atom. The van der Waals surface area contributed by atoms with E-state index in [1.165, 1.54) is 11.3 Å². The van der Waals surface area contributed by atoms with Crippen LogP contribution >= 0.6 is 0 Å². The van der Waals surface area contributed by atoms with Crippen molar-refractivity contribution < 1.29 is 9.47 Å². The molecule has 1 aromatic carbocycles. The molecule has 0 spiro atoms. The number of anilines is 1. The number of hydrogen-bond acceptors (Lipinski definition) is 4. The van der Waals surface area contributed by atoms with Crippen molar-refractivity contribution in [3.63, 3.8) is 0 Å². The van der Waals surface area contributed by atoms with Gasteiger partial charge in [-0.3, -0.25) is 0 Å². The summed E-state index contributed by atoms with van der Waals surface area (Å²) in [5.74, 6) is 1.55. The highest BCUT2D eigenvalue weighted by molar-refractivity contribution is 5.61. The van der Waals surface area contributed by atoms with E-state index in [-0.39, 0.29) is 0 Å². The number of likely N-dealkylation sites (N-methyl/N-ethyl adjacent to an activating group) is 2. The largest absolute Gasteiger partial charge is 0.493 e. The van der Waals surface area contributed by atoms with Gasteiger partial charge in [0.05, 0.1) is 14.2 Å². The molecule has 102 valence electrons. The van der Waals surface area contributed by atoms with E-state index in [2.05, 4.69) is 31.1 Å². The molecule has 1 aromatic rings. The van der Waals surface area contributed by atoms with Crippen LogP contribution in [0.25, 0.3) is 0 Å². The minimum Gasteiger partial charge on any atom is -0.493 e. The number of rotatable bonds is 7. The minimum atomic E-state index is 0.772. The number of methoxy groups -OCH3 is 2. The van der Waals surface area contributed by atoms with Gasteiger partial charge in [0, 0.05) is 31.9 Å². The average Bonchev–Trinajstić information content (AvgIpc) is 2.38. The maximum Gasteiger partial charge on any atom is 0.162 e. The Kier molecular flexibility index (Phi) is 5.78. The number of ether oxygens (including phenoxy) is 2. The summed E-state index contributed by atoms with van der Waals surface area (Å²) in [5, 5.41) is 3.32. The third-order valence-corrected chi connectivity index (χ3v) is 2.99. The SMILES string of the molecule is CCNCCN(C)c1cc(OC)c(OC)cc1C. The molecule has 0 amide bonds. The van der Waals surface area contributed by atoms with E-state index in [9.17, 15) is 0 Å². The lowest BCUT2D eigenvalue weighted by Crippen LogP contribution is -2.29. The van der Waals surface area contributed by atoms with E-state index < -0.39 is 0 Å². The molecule has 4 nitrogen and oxygen atoms in total. The van der Waals surface area contributed by atoms with Crippen LogP contribution in [0, 0.1) is 6.92 Å². The molecule has 0 atom stereocenters. The summed E-state index contributed by atoms with van der Waals surface area (Å²) in [4.78, 5) is 2.22. The van der Waals surface area contributed by atoms with Gasteiger partial charge in [-0.2, -0.15) is 0 Å². The fourth-order valence-corrected chi connectivity index (χ4v) is 1.93. The highest BCUT2D eigenvalue weighted by Gasteiger charge is 2.11. The Labute approximate surface area is 110 Å². The molecule has 0 heterocycles. The zero-order chi connectivity index (χ0) is 13.5. The van der Waals surface area contributed by atoms with Crippen LogP contribution in [0.15, 0.2) is 12.1 Å². The first-order chi connectivity index (χ1) is 8.63. The van der Waals surface area contributed by atoms with E-state index in [0.29, 0.717) is 0 Å². The summed E-state index contributed by atoms with van der Waals surface area (Å²) in [5.41, 5.74) is 2.36. The van der Waals surface area contributed by atoms with Gasteiger partial charge in [0.15, 0.2) is 11.5 Å². The van der Waals surface area contributed by atoms with Crippen LogP contribution in [0.2, 0.25) is 0 Å². The van der Waals surface area contributed by atoms with E-state index in [0.717, 1.165) is 31.1 Å². The molecule has 0 saturated carbocycles. The summed E-state index contributed by atoms with van der Waals surface area (Å²) in [6.07, 6.45) is 0. The summed E-state index contributed by atoms with van der Waals surface area (Å²) in [6.45, 7) is 7.13. The van der Waals surface area contributed by atoms with Gasteiger partial charge in [0.2, 0.25) is 0 Å². The molecule has 0 bridgehead atoms. The molecular weight excluding hydrogens is 228 g/mol. The van der Waals surface area contributed by atoms with Crippen molar-refractivity contribution in [1.29, 1.82) is 0 Å². The van der Waals surface area contributed by atoms with Gasteiger partial charge in [-0.1, -0.05) is 6.92 Å². The molecule has 0 aliphatic rings. The predicted octanol–water partition coefficient (Wildman–Crippen LogP) is 2.06. The molecule has 4 heteroatoms. The molecule has 18 heavy (non-hydrogen) atoms. The summed E-state index contributed by atoms with van der Waals surface area (Å²) in [6, 6.07) is 4.04. The first kappa shape index (κ1) is 14.6. The van der Waals surface area contributed by atoms with E-state index in [4.69, 9.17) is 9.47 Å². The Balaban J connectivity index is 2.87. The highest BCUT2D eigenvalue weighted by Crippen LogP contribution is 2.34. The van der Waals surface area contributed by atoms with Crippen LogP contribution in [-0.2, 0) is 0 Å². The molecular formula is C14H24N2O2. The number of aryl methyl sites for hydroxylation is 1. The zero-order valence-electron chi connectivity index (χ0n) is 12.0. The van der Waals surface area contributed by atoms with Crippen LogP contribution in [0.5, 0.6) is 11.5 Å². The molecule has 0 unspecified atom stereocenters.